The van der Waals surface area contributed by atoms with Crippen molar-refractivity contribution in [3.05, 3.63) is 80.4 Å². The highest BCUT2D eigenvalue weighted by atomic mass is 32.2. The van der Waals surface area contributed by atoms with E-state index in [1.807, 2.05) is 0 Å². The zero-order valence-electron chi connectivity index (χ0n) is 19.6. The first-order valence-corrected chi connectivity index (χ1v) is 13.0. The van der Waals surface area contributed by atoms with Gasteiger partial charge in [-0.1, -0.05) is 24.0 Å². The molecule has 0 unspecified atom stereocenters. The normalized spacial score (nSPS) is 15.2. The predicted octanol–water partition coefficient (Wildman–Crippen LogP) is 6.99. The predicted molar refractivity (Wildman–Crippen MR) is 142 cm³/mol. The number of amides is 2. The molecule has 0 aliphatic carbocycles. The fraction of sp³-hybridized carbons (Fsp3) is 0.120. The summed E-state index contributed by atoms with van der Waals surface area (Å²) in [6.07, 6.45) is -8.59. The van der Waals surface area contributed by atoms with Gasteiger partial charge in [0, 0.05) is 10.6 Å². The lowest BCUT2D eigenvalue weighted by Gasteiger charge is -2.14. The summed E-state index contributed by atoms with van der Waals surface area (Å²) in [6, 6.07) is 7.97. The largest absolute Gasteiger partial charge is 0.478 e. The van der Waals surface area contributed by atoms with Crippen LogP contribution in [-0.2, 0) is 21.9 Å². The molecule has 3 aromatic rings. The van der Waals surface area contributed by atoms with Gasteiger partial charge < -0.3 is 10.4 Å². The van der Waals surface area contributed by atoms with Gasteiger partial charge in [0.15, 0.2) is 0 Å². The van der Waals surface area contributed by atoms with Crippen LogP contribution in [0.3, 0.4) is 0 Å². The Labute approximate surface area is 235 Å². The molecule has 1 aliphatic rings. The number of benzene rings is 2. The molecule has 0 bridgehead atoms. The molecule has 2 amide bonds. The fourth-order valence-corrected chi connectivity index (χ4v) is 5.68. The minimum Gasteiger partial charge on any atom is -0.478 e. The number of nitrogens with one attached hydrogen (secondary N) is 1. The highest BCUT2D eigenvalue weighted by molar-refractivity contribution is 8.26. The van der Waals surface area contributed by atoms with Crippen LogP contribution in [0.1, 0.15) is 26.4 Å². The number of nitrogens with zero attached hydrogens (tertiary/aromatic N) is 1. The molecule has 0 atom stereocenters. The van der Waals surface area contributed by atoms with Gasteiger partial charge >= 0.3 is 18.3 Å². The van der Waals surface area contributed by atoms with Gasteiger partial charge in [-0.3, -0.25) is 14.5 Å². The number of thiocarbonyl (C=S) groups is 1. The zero-order valence-corrected chi connectivity index (χ0v) is 22.0. The molecule has 0 saturated carbocycles. The molecule has 0 spiro atoms. The molecule has 1 saturated heterocycles. The number of halogens is 6. The molecule has 0 radical (unpaired) electrons. The van der Waals surface area contributed by atoms with Crippen molar-refractivity contribution < 1.29 is 45.8 Å². The van der Waals surface area contributed by atoms with E-state index in [1.165, 1.54) is 41.8 Å². The van der Waals surface area contributed by atoms with Crippen LogP contribution < -0.4 is 5.32 Å². The third-order valence-electron chi connectivity index (χ3n) is 5.41. The number of hydrogen-bond donors (Lipinski definition) is 2. The summed E-state index contributed by atoms with van der Waals surface area (Å²) in [5.41, 5.74) is -2.77. The summed E-state index contributed by atoms with van der Waals surface area (Å²) < 4.78 is 79.4. The average Bonchev–Trinajstić information content (AvgIpc) is 3.43. The summed E-state index contributed by atoms with van der Waals surface area (Å²) in [5, 5.41) is 12.8. The van der Waals surface area contributed by atoms with Crippen molar-refractivity contribution >= 4 is 69.2 Å². The number of carbonyl (C=O) groups excluding carboxylic acids is 2. The number of rotatable bonds is 6. The van der Waals surface area contributed by atoms with Crippen LogP contribution in [0.15, 0.2) is 58.8 Å². The molecule has 1 fully saturated rings. The Morgan fingerprint density at radius 2 is 1.55 bits per heavy atom. The SMILES string of the molecule is O=C(CN1C(=O)C(=Cc2cc(-c3cc(C(F)(F)F)cc(C(F)(F)F)c3)cs2)SC1=S)Nc1ccc(C(=O)O)cc1. The number of hydrogen-bond acceptors (Lipinski definition) is 6. The maximum Gasteiger partial charge on any atom is 0.416 e. The third kappa shape index (κ3) is 6.71. The molecular formula is C25H14F6N2O4S3. The topological polar surface area (TPSA) is 86.7 Å². The van der Waals surface area contributed by atoms with E-state index >= 15 is 0 Å². The summed E-state index contributed by atoms with van der Waals surface area (Å²) in [4.78, 5) is 37.7. The van der Waals surface area contributed by atoms with Crippen LogP contribution >= 0.6 is 35.3 Å². The summed E-state index contributed by atoms with van der Waals surface area (Å²) >= 11 is 7.07. The molecule has 1 aromatic heterocycles. The number of carbonyl (C=O) groups is 3. The summed E-state index contributed by atoms with van der Waals surface area (Å²) in [5.74, 6) is -2.36. The first-order valence-electron chi connectivity index (χ1n) is 10.9. The first-order chi connectivity index (χ1) is 18.6. The van der Waals surface area contributed by atoms with Gasteiger partial charge in [0.1, 0.15) is 10.9 Å². The Kier molecular flexibility index (Phi) is 8.10. The summed E-state index contributed by atoms with van der Waals surface area (Å²) in [6.45, 7) is -0.442. The van der Waals surface area contributed by atoms with E-state index in [1.54, 1.807) is 0 Å². The molecule has 40 heavy (non-hydrogen) atoms. The Bertz CT molecular complexity index is 1510. The van der Waals surface area contributed by atoms with Crippen molar-refractivity contribution in [2.45, 2.75) is 12.4 Å². The van der Waals surface area contributed by atoms with Crippen LogP contribution in [0.25, 0.3) is 17.2 Å². The maximum atomic E-state index is 13.2. The smallest absolute Gasteiger partial charge is 0.416 e. The van der Waals surface area contributed by atoms with Crippen molar-refractivity contribution in [1.29, 1.82) is 0 Å². The third-order valence-corrected chi connectivity index (χ3v) is 7.66. The molecule has 2 aromatic carbocycles. The van der Waals surface area contributed by atoms with Gasteiger partial charge in [0.2, 0.25) is 5.91 Å². The van der Waals surface area contributed by atoms with Crippen molar-refractivity contribution in [2.75, 3.05) is 11.9 Å². The minimum absolute atomic E-state index is 0.0191. The average molecular weight is 617 g/mol. The van der Waals surface area contributed by atoms with Crippen molar-refractivity contribution in [2.24, 2.45) is 0 Å². The zero-order chi connectivity index (χ0) is 29.4. The number of thioether (sulfide) groups is 1. The molecule has 208 valence electrons. The van der Waals surface area contributed by atoms with Gasteiger partial charge in [0.25, 0.3) is 5.91 Å². The second-order valence-electron chi connectivity index (χ2n) is 8.23. The molecule has 4 rings (SSSR count). The standard InChI is InChI=1S/C25H14F6N2O4S3/c26-24(27,28)15-5-13(6-16(8-15)25(29,30)31)14-7-18(39-11-14)9-19-21(35)33(23(38)40-19)10-20(34)32-17-3-1-12(2-4-17)22(36)37/h1-9,11H,10H2,(H,32,34)(H,36,37). The number of thiophene rings is 1. The molecule has 2 heterocycles. The fourth-order valence-electron chi connectivity index (χ4n) is 3.51. The van der Waals surface area contributed by atoms with Crippen molar-refractivity contribution in [3.8, 4) is 11.1 Å². The van der Waals surface area contributed by atoms with E-state index in [9.17, 15) is 40.7 Å². The minimum atomic E-state index is -4.99. The lowest BCUT2D eigenvalue weighted by Crippen LogP contribution is -2.36. The van der Waals surface area contributed by atoms with E-state index in [0.717, 1.165) is 28.0 Å². The van der Waals surface area contributed by atoms with Gasteiger partial charge in [-0.15, -0.1) is 11.3 Å². The second-order valence-corrected chi connectivity index (χ2v) is 10.8. The van der Waals surface area contributed by atoms with E-state index in [2.05, 4.69) is 5.32 Å². The van der Waals surface area contributed by atoms with E-state index in [-0.39, 0.29) is 32.0 Å². The molecule has 2 N–H and O–H groups in total. The Hall–Kier alpha value is -3.69. The monoisotopic (exact) mass is 616 g/mol. The van der Waals surface area contributed by atoms with Crippen LogP contribution in [-0.4, -0.2) is 38.7 Å². The lowest BCUT2D eigenvalue weighted by atomic mass is 10.0. The van der Waals surface area contributed by atoms with E-state index < -0.39 is 47.8 Å². The van der Waals surface area contributed by atoms with Gasteiger partial charge in [0.05, 0.1) is 21.6 Å². The van der Waals surface area contributed by atoms with Gasteiger partial charge in [-0.05, 0) is 71.1 Å². The number of anilines is 1. The molecular weight excluding hydrogens is 602 g/mol. The van der Waals surface area contributed by atoms with Gasteiger partial charge in [-0.2, -0.15) is 26.3 Å². The Morgan fingerprint density at radius 3 is 2.10 bits per heavy atom. The maximum absolute atomic E-state index is 13.2. The second kappa shape index (κ2) is 11.1. The number of carboxylic acids is 1. The van der Waals surface area contributed by atoms with Crippen LogP contribution in [0, 0.1) is 0 Å². The van der Waals surface area contributed by atoms with E-state index in [4.69, 9.17) is 17.3 Å². The summed E-state index contributed by atoms with van der Waals surface area (Å²) in [7, 11) is 0. The lowest BCUT2D eigenvalue weighted by molar-refractivity contribution is -0.143. The van der Waals surface area contributed by atoms with Gasteiger partial charge in [-0.25, -0.2) is 4.79 Å². The van der Waals surface area contributed by atoms with Crippen LogP contribution in [0.4, 0.5) is 32.0 Å². The van der Waals surface area contributed by atoms with Crippen LogP contribution in [0.5, 0.6) is 0 Å². The van der Waals surface area contributed by atoms with Crippen molar-refractivity contribution in [1.82, 2.24) is 4.90 Å². The quantitative estimate of drug-likeness (QED) is 0.176. The van der Waals surface area contributed by atoms with Crippen molar-refractivity contribution in [3.63, 3.8) is 0 Å². The number of carboxylic acid groups (broad SMARTS) is 1. The Balaban J connectivity index is 1.50. The number of aromatic carboxylic acids is 1. The van der Waals surface area contributed by atoms with Crippen LogP contribution in [0.2, 0.25) is 0 Å². The molecule has 15 heteroatoms. The number of alkyl halides is 6. The highest BCUT2D eigenvalue weighted by Gasteiger charge is 2.37. The highest BCUT2D eigenvalue weighted by Crippen LogP contribution is 2.40. The molecule has 1 aliphatic heterocycles. The molecule has 6 nitrogen and oxygen atoms in total. The van der Waals surface area contributed by atoms with E-state index in [0.29, 0.717) is 22.7 Å². The first kappa shape index (κ1) is 29.3. The Morgan fingerprint density at radius 1 is 0.950 bits per heavy atom.